The van der Waals surface area contributed by atoms with Crippen LogP contribution in [0.3, 0.4) is 0 Å². The summed E-state index contributed by atoms with van der Waals surface area (Å²) < 4.78 is 0. The van der Waals surface area contributed by atoms with Crippen LogP contribution in [0.15, 0.2) is 30.3 Å². The van der Waals surface area contributed by atoms with Crippen molar-refractivity contribution in [3.8, 4) is 0 Å². The summed E-state index contributed by atoms with van der Waals surface area (Å²) in [4.78, 5) is 11.8. The molecule has 0 aromatic heterocycles. The molecular formula is C14H22N2O2. The van der Waals surface area contributed by atoms with Crippen LogP contribution < -0.4 is 11.1 Å². The number of carbonyl (C=O) groups excluding carboxylic acids is 1. The van der Waals surface area contributed by atoms with Crippen molar-refractivity contribution in [1.29, 1.82) is 0 Å². The lowest BCUT2D eigenvalue weighted by molar-refractivity contribution is -0.123. The van der Waals surface area contributed by atoms with Crippen molar-refractivity contribution in [1.82, 2.24) is 5.32 Å². The van der Waals surface area contributed by atoms with Gasteiger partial charge in [0.2, 0.25) is 5.91 Å². The molecule has 0 heterocycles. The Labute approximate surface area is 108 Å². The maximum absolute atomic E-state index is 11.8. The zero-order chi connectivity index (χ0) is 13.5. The van der Waals surface area contributed by atoms with Crippen LogP contribution in [0, 0.1) is 0 Å². The van der Waals surface area contributed by atoms with E-state index in [1.807, 2.05) is 37.3 Å². The van der Waals surface area contributed by atoms with Gasteiger partial charge in [-0.1, -0.05) is 30.3 Å². The van der Waals surface area contributed by atoms with Crippen molar-refractivity contribution >= 4 is 5.91 Å². The van der Waals surface area contributed by atoms with Gasteiger partial charge in [0.1, 0.15) is 0 Å². The van der Waals surface area contributed by atoms with E-state index < -0.39 is 12.1 Å². The lowest BCUT2D eigenvalue weighted by Gasteiger charge is -2.18. The smallest absolute Gasteiger partial charge is 0.237 e. The number of aliphatic hydroxyl groups is 1. The third kappa shape index (κ3) is 5.29. The molecule has 4 heteroatoms. The Morgan fingerprint density at radius 2 is 1.94 bits per heavy atom. The number of rotatable bonds is 6. The fraction of sp³-hybridized carbons (Fsp3) is 0.500. The minimum atomic E-state index is -0.552. The number of amides is 1. The fourth-order valence-corrected chi connectivity index (χ4v) is 1.88. The summed E-state index contributed by atoms with van der Waals surface area (Å²) in [5.41, 5.74) is 6.90. The summed E-state index contributed by atoms with van der Waals surface area (Å²) in [6, 6.07) is 9.06. The van der Waals surface area contributed by atoms with Crippen LogP contribution in [0.5, 0.6) is 0 Å². The van der Waals surface area contributed by atoms with Gasteiger partial charge in [-0.25, -0.2) is 0 Å². The highest BCUT2D eigenvalue weighted by Gasteiger charge is 2.16. The van der Waals surface area contributed by atoms with Gasteiger partial charge in [-0.15, -0.1) is 0 Å². The van der Waals surface area contributed by atoms with E-state index in [9.17, 15) is 9.90 Å². The minimum absolute atomic E-state index is 0.0701. The number of carbonyl (C=O) groups is 1. The van der Waals surface area contributed by atoms with Crippen LogP contribution in [0.25, 0.3) is 0 Å². The highest BCUT2D eigenvalue weighted by atomic mass is 16.3. The van der Waals surface area contributed by atoms with Gasteiger partial charge >= 0.3 is 0 Å². The Morgan fingerprint density at radius 1 is 1.33 bits per heavy atom. The molecule has 0 saturated carbocycles. The second-order valence-corrected chi connectivity index (χ2v) is 4.79. The molecule has 0 bridgehead atoms. The predicted molar refractivity (Wildman–Crippen MR) is 72.0 cm³/mol. The van der Waals surface area contributed by atoms with Crippen molar-refractivity contribution in [2.45, 2.75) is 44.9 Å². The molecule has 0 saturated heterocycles. The third-order valence-electron chi connectivity index (χ3n) is 2.72. The van der Waals surface area contributed by atoms with Crippen LogP contribution >= 0.6 is 0 Å². The van der Waals surface area contributed by atoms with Crippen molar-refractivity contribution in [2.75, 3.05) is 0 Å². The third-order valence-corrected chi connectivity index (χ3v) is 2.72. The number of hydrogen-bond donors (Lipinski definition) is 3. The van der Waals surface area contributed by atoms with E-state index in [1.165, 1.54) is 0 Å². The molecule has 2 unspecified atom stereocenters. The summed E-state index contributed by atoms with van der Waals surface area (Å²) >= 11 is 0. The zero-order valence-electron chi connectivity index (χ0n) is 11.0. The molecule has 3 atom stereocenters. The Morgan fingerprint density at radius 3 is 2.50 bits per heavy atom. The Bertz CT molecular complexity index is 365. The largest absolute Gasteiger partial charge is 0.393 e. The van der Waals surface area contributed by atoms with Gasteiger partial charge < -0.3 is 16.2 Å². The molecule has 0 fully saturated rings. The normalized spacial score (nSPS) is 15.8. The van der Waals surface area contributed by atoms with Gasteiger partial charge in [0.25, 0.3) is 0 Å². The second-order valence-electron chi connectivity index (χ2n) is 4.79. The maximum Gasteiger partial charge on any atom is 0.237 e. The van der Waals surface area contributed by atoms with Gasteiger partial charge in [-0.2, -0.15) is 0 Å². The Balaban J connectivity index is 2.42. The summed E-state index contributed by atoms with van der Waals surface area (Å²) in [5, 5.41) is 12.0. The summed E-state index contributed by atoms with van der Waals surface area (Å²) in [6.45, 7) is 3.56. The van der Waals surface area contributed by atoms with Gasteiger partial charge in [-0.05, 0) is 32.3 Å². The quantitative estimate of drug-likeness (QED) is 0.700. The van der Waals surface area contributed by atoms with E-state index >= 15 is 0 Å². The van der Waals surface area contributed by atoms with E-state index in [-0.39, 0.29) is 11.9 Å². The number of nitrogens with two attached hydrogens (primary N) is 1. The van der Waals surface area contributed by atoms with E-state index in [0.29, 0.717) is 12.8 Å². The lowest BCUT2D eigenvalue weighted by Crippen LogP contribution is -2.46. The summed E-state index contributed by atoms with van der Waals surface area (Å²) in [6.07, 6.45) is 0.628. The molecule has 1 rings (SSSR count). The van der Waals surface area contributed by atoms with Gasteiger partial charge in [0.05, 0.1) is 12.1 Å². The monoisotopic (exact) mass is 250 g/mol. The Kier molecular flexibility index (Phi) is 5.82. The minimum Gasteiger partial charge on any atom is -0.393 e. The Hall–Kier alpha value is -1.39. The van der Waals surface area contributed by atoms with Crippen LogP contribution in [0.1, 0.15) is 25.8 Å². The SMILES string of the molecule is CC(O)CC(C)NC(=O)[C@@H](N)Cc1ccccc1. The molecule has 1 amide bonds. The van der Waals surface area contributed by atoms with Gasteiger partial charge in [0, 0.05) is 6.04 Å². The van der Waals surface area contributed by atoms with E-state index in [0.717, 1.165) is 5.56 Å². The first-order chi connectivity index (χ1) is 8.49. The molecule has 1 aromatic carbocycles. The molecule has 0 aliphatic heterocycles. The van der Waals surface area contributed by atoms with Gasteiger partial charge in [-0.3, -0.25) is 4.79 Å². The molecule has 1 aromatic rings. The van der Waals surface area contributed by atoms with Crippen LogP contribution in [-0.2, 0) is 11.2 Å². The average Bonchev–Trinajstić information content (AvgIpc) is 2.28. The molecule has 4 nitrogen and oxygen atoms in total. The van der Waals surface area contributed by atoms with Crippen LogP contribution in [0.4, 0.5) is 0 Å². The number of hydrogen-bond acceptors (Lipinski definition) is 3. The molecular weight excluding hydrogens is 228 g/mol. The second kappa shape index (κ2) is 7.13. The molecule has 0 spiro atoms. The predicted octanol–water partition coefficient (Wildman–Crippen LogP) is 0.832. The lowest BCUT2D eigenvalue weighted by atomic mass is 10.1. The summed E-state index contributed by atoms with van der Waals surface area (Å²) in [7, 11) is 0. The maximum atomic E-state index is 11.8. The van der Waals surface area contributed by atoms with Crippen LogP contribution in [0.2, 0.25) is 0 Å². The topological polar surface area (TPSA) is 75.3 Å². The number of aliphatic hydroxyl groups excluding tert-OH is 1. The van der Waals surface area contributed by atoms with E-state index in [1.54, 1.807) is 6.92 Å². The molecule has 100 valence electrons. The summed E-state index contributed by atoms with van der Waals surface area (Å²) in [5.74, 6) is -0.174. The molecule has 18 heavy (non-hydrogen) atoms. The van der Waals surface area contributed by atoms with E-state index in [4.69, 9.17) is 5.73 Å². The van der Waals surface area contributed by atoms with Crippen molar-refractivity contribution in [3.05, 3.63) is 35.9 Å². The van der Waals surface area contributed by atoms with Gasteiger partial charge in [0.15, 0.2) is 0 Å². The first-order valence-corrected chi connectivity index (χ1v) is 6.27. The fourth-order valence-electron chi connectivity index (χ4n) is 1.88. The molecule has 4 N–H and O–H groups in total. The van der Waals surface area contributed by atoms with Crippen molar-refractivity contribution < 1.29 is 9.90 Å². The first kappa shape index (κ1) is 14.7. The standard InChI is InChI=1S/C14H22N2O2/c1-10(8-11(2)17)16-14(18)13(15)9-12-6-4-3-5-7-12/h3-7,10-11,13,17H,8-9,15H2,1-2H3,(H,16,18)/t10?,11?,13-/m0/s1. The average molecular weight is 250 g/mol. The highest BCUT2D eigenvalue weighted by Crippen LogP contribution is 2.03. The van der Waals surface area contributed by atoms with Crippen molar-refractivity contribution in [2.24, 2.45) is 5.73 Å². The zero-order valence-corrected chi connectivity index (χ0v) is 11.0. The van der Waals surface area contributed by atoms with Crippen molar-refractivity contribution in [3.63, 3.8) is 0 Å². The van der Waals surface area contributed by atoms with Crippen LogP contribution in [-0.4, -0.2) is 29.2 Å². The number of nitrogens with one attached hydrogen (secondary N) is 1. The number of benzene rings is 1. The first-order valence-electron chi connectivity index (χ1n) is 6.27. The van der Waals surface area contributed by atoms with E-state index in [2.05, 4.69) is 5.32 Å². The molecule has 0 radical (unpaired) electrons. The highest BCUT2D eigenvalue weighted by molar-refractivity contribution is 5.82. The molecule has 0 aliphatic rings. The molecule has 0 aliphatic carbocycles.